The molecule has 0 aromatic heterocycles. The molecule has 46 valence electrons. The summed E-state index contributed by atoms with van der Waals surface area (Å²) in [5, 5.41) is 0. The molecule has 1 rings (SSSR count). The zero-order chi connectivity index (χ0) is 6.24. The predicted octanol–water partition coefficient (Wildman–Crippen LogP) is 2.34. The summed E-state index contributed by atoms with van der Waals surface area (Å²) >= 11 is -0.931. The fourth-order valence-corrected chi connectivity index (χ4v) is 0.417. The van der Waals surface area contributed by atoms with Gasteiger partial charge in [-0.25, -0.2) is 6.61 Å². The standard InChI is InChI=1S/C4H7O.2ClH.Zn/c1-2-4-5-3-1;;;/h3H,1-2,4H2;2*1H;/q-1;;;+2/p-2. The van der Waals surface area contributed by atoms with Crippen molar-refractivity contribution in [1.82, 2.24) is 0 Å². The summed E-state index contributed by atoms with van der Waals surface area (Å²) < 4.78 is 4.82. The van der Waals surface area contributed by atoms with Crippen LogP contribution in [0, 0.1) is 6.61 Å². The van der Waals surface area contributed by atoms with Crippen LogP contribution in [0.5, 0.6) is 0 Å². The topological polar surface area (TPSA) is 9.23 Å². The van der Waals surface area contributed by atoms with E-state index in [0.29, 0.717) is 0 Å². The van der Waals surface area contributed by atoms with Gasteiger partial charge < -0.3 is 4.74 Å². The van der Waals surface area contributed by atoms with Gasteiger partial charge in [0.25, 0.3) is 0 Å². The number of hydrogen-bond acceptors (Lipinski definition) is 1. The van der Waals surface area contributed by atoms with Crippen LogP contribution in [0.1, 0.15) is 12.8 Å². The molecule has 1 heterocycles. The maximum absolute atomic E-state index is 4.95. The SMILES string of the molecule is [CH-]1CCCO1.[Cl][Zn][Cl]. The molecule has 0 N–H and O–H groups in total. The van der Waals surface area contributed by atoms with Crippen molar-refractivity contribution in [2.45, 2.75) is 12.8 Å². The van der Waals surface area contributed by atoms with Gasteiger partial charge in [0.15, 0.2) is 0 Å². The van der Waals surface area contributed by atoms with Gasteiger partial charge in [0.1, 0.15) is 0 Å². The fraction of sp³-hybridized carbons (Fsp3) is 0.750. The first-order valence-corrected chi connectivity index (χ1v) is 10.3. The molecular formula is C4H7Cl2OZn-. The van der Waals surface area contributed by atoms with E-state index in [9.17, 15) is 0 Å². The van der Waals surface area contributed by atoms with Gasteiger partial charge in [-0.1, -0.05) is 6.42 Å². The van der Waals surface area contributed by atoms with Crippen molar-refractivity contribution in [3.8, 4) is 0 Å². The van der Waals surface area contributed by atoms with E-state index in [2.05, 4.69) is 0 Å². The van der Waals surface area contributed by atoms with Crippen LogP contribution in [-0.2, 0) is 19.9 Å². The third-order valence-corrected chi connectivity index (χ3v) is 0.702. The molecule has 4 heteroatoms. The van der Waals surface area contributed by atoms with Gasteiger partial charge in [-0.15, -0.1) is 0 Å². The van der Waals surface area contributed by atoms with Crippen LogP contribution in [0.4, 0.5) is 0 Å². The maximum atomic E-state index is 4.95. The van der Waals surface area contributed by atoms with Gasteiger partial charge in [-0.05, 0) is 0 Å². The van der Waals surface area contributed by atoms with E-state index >= 15 is 0 Å². The van der Waals surface area contributed by atoms with Crippen LogP contribution < -0.4 is 0 Å². The molecule has 0 unspecified atom stereocenters. The zero-order valence-corrected chi connectivity index (χ0v) is 9.05. The summed E-state index contributed by atoms with van der Waals surface area (Å²) in [5.74, 6) is 0. The Morgan fingerprint density at radius 2 is 2.12 bits per heavy atom. The van der Waals surface area contributed by atoms with Crippen molar-refractivity contribution in [3.05, 3.63) is 6.61 Å². The van der Waals surface area contributed by atoms with E-state index in [-0.39, 0.29) is 0 Å². The van der Waals surface area contributed by atoms with E-state index in [4.69, 9.17) is 24.1 Å². The normalized spacial score (nSPS) is 16.2. The molecule has 0 bridgehead atoms. The minimum atomic E-state index is -0.931. The van der Waals surface area contributed by atoms with Crippen molar-refractivity contribution >= 4 is 19.4 Å². The van der Waals surface area contributed by atoms with Gasteiger partial charge in [0.05, 0.1) is 0 Å². The quantitative estimate of drug-likeness (QED) is 0.438. The number of rotatable bonds is 0. The summed E-state index contributed by atoms with van der Waals surface area (Å²) in [5.41, 5.74) is 0. The Hall–Kier alpha value is 1.16. The monoisotopic (exact) mass is 205 g/mol. The molecular weight excluding hydrogens is 200 g/mol. The van der Waals surface area contributed by atoms with Gasteiger partial charge in [-0.3, -0.25) is 0 Å². The number of hydrogen-bond donors (Lipinski definition) is 0. The first-order valence-electron chi connectivity index (χ1n) is 2.47. The molecule has 1 saturated heterocycles. The minimum absolute atomic E-state index is 0.931. The van der Waals surface area contributed by atoms with Crippen molar-refractivity contribution in [3.63, 3.8) is 0 Å². The summed E-state index contributed by atoms with van der Waals surface area (Å²) in [6.45, 7) is 2.81. The molecule has 0 aromatic rings. The van der Waals surface area contributed by atoms with Crippen LogP contribution in [0.2, 0.25) is 0 Å². The second kappa shape index (κ2) is 8.16. The van der Waals surface area contributed by atoms with Crippen LogP contribution in [0.15, 0.2) is 0 Å². The van der Waals surface area contributed by atoms with Gasteiger partial charge >= 0.3 is 34.5 Å². The Morgan fingerprint density at radius 3 is 2.25 bits per heavy atom. The van der Waals surface area contributed by atoms with Crippen LogP contribution >= 0.6 is 19.4 Å². The molecule has 1 fully saturated rings. The van der Waals surface area contributed by atoms with Gasteiger partial charge in [-0.2, -0.15) is 6.42 Å². The first kappa shape index (κ1) is 9.16. The molecule has 0 atom stereocenters. The molecule has 0 saturated carbocycles. The van der Waals surface area contributed by atoms with Crippen molar-refractivity contribution in [2.75, 3.05) is 6.61 Å². The van der Waals surface area contributed by atoms with E-state index in [1.54, 1.807) is 0 Å². The average molecular weight is 207 g/mol. The van der Waals surface area contributed by atoms with E-state index in [0.717, 1.165) is 13.0 Å². The first-order chi connectivity index (χ1) is 3.91. The molecule has 0 amide bonds. The van der Waals surface area contributed by atoms with Crippen molar-refractivity contribution in [1.29, 1.82) is 0 Å². The van der Waals surface area contributed by atoms with E-state index in [1.807, 2.05) is 6.61 Å². The van der Waals surface area contributed by atoms with Crippen LogP contribution in [-0.4, -0.2) is 6.61 Å². The number of ether oxygens (including phenoxy) is 1. The van der Waals surface area contributed by atoms with Crippen molar-refractivity contribution in [2.24, 2.45) is 0 Å². The van der Waals surface area contributed by atoms with Crippen LogP contribution in [0.25, 0.3) is 0 Å². The Labute approximate surface area is 65.4 Å². The van der Waals surface area contributed by atoms with Gasteiger partial charge in [0, 0.05) is 6.61 Å². The van der Waals surface area contributed by atoms with Crippen molar-refractivity contribution < 1.29 is 19.9 Å². The molecule has 1 nitrogen and oxygen atoms in total. The Kier molecular flexibility index (Phi) is 9.35. The van der Waals surface area contributed by atoms with Gasteiger partial charge in [0.2, 0.25) is 0 Å². The number of halogens is 2. The summed E-state index contributed by atoms with van der Waals surface area (Å²) in [4.78, 5) is 0. The molecule has 8 heavy (non-hydrogen) atoms. The van der Waals surface area contributed by atoms with Crippen LogP contribution in [0.3, 0.4) is 0 Å². The van der Waals surface area contributed by atoms with E-state index < -0.39 is 15.1 Å². The molecule has 0 spiro atoms. The summed E-state index contributed by atoms with van der Waals surface area (Å²) in [6.07, 6.45) is 2.38. The molecule has 1 aliphatic rings. The zero-order valence-electron chi connectivity index (χ0n) is 4.57. The molecule has 0 aliphatic carbocycles. The third-order valence-electron chi connectivity index (χ3n) is 0.702. The summed E-state index contributed by atoms with van der Waals surface area (Å²) in [7, 11) is 9.90. The second-order valence-corrected chi connectivity index (χ2v) is 5.90. The molecule has 0 radical (unpaired) electrons. The average Bonchev–Trinajstić information content (AvgIpc) is 2.17. The summed E-state index contributed by atoms with van der Waals surface area (Å²) in [6, 6.07) is 0. The fourth-order valence-electron chi connectivity index (χ4n) is 0.417. The molecule has 0 aromatic carbocycles. The molecule has 1 aliphatic heterocycles. The predicted molar refractivity (Wildman–Crippen MR) is 31.2 cm³/mol. The Balaban J connectivity index is 0.000000145. The Bertz CT molecular complexity index is 33.4. The van der Waals surface area contributed by atoms with E-state index in [1.165, 1.54) is 6.42 Å². The third kappa shape index (κ3) is 7.16. The second-order valence-electron chi connectivity index (χ2n) is 1.28. The Morgan fingerprint density at radius 1 is 1.50 bits per heavy atom.